The first-order chi connectivity index (χ1) is 7.65. The van der Waals surface area contributed by atoms with Gasteiger partial charge in [0.2, 0.25) is 0 Å². The van der Waals surface area contributed by atoms with Gasteiger partial charge in [0.15, 0.2) is 0 Å². The van der Waals surface area contributed by atoms with Crippen molar-refractivity contribution >= 4 is 0 Å². The molecule has 0 aromatic carbocycles. The van der Waals surface area contributed by atoms with E-state index in [0.717, 1.165) is 25.8 Å². The van der Waals surface area contributed by atoms with E-state index in [0.29, 0.717) is 6.04 Å². The highest BCUT2D eigenvalue weighted by atomic mass is 16.3. The fourth-order valence-electron chi connectivity index (χ4n) is 3.19. The van der Waals surface area contributed by atoms with Crippen LogP contribution in [0, 0.1) is 0 Å². The van der Waals surface area contributed by atoms with Gasteiger partial charge in [-0.3, -0.25) is 0 Å². The first kappa shape index (κ1) is 14.9. The molecule has 102 valence electrons. The van der Waals surface area contributed by atoms with Gasteiger partial charge in [0.05, 0.1) is 6.10 Å². The van der Waals surface area contributed by atoms with E-state index in [1.165, 1.54) is 0 Å². The Kier molecular flexibility index (Phi) is 4.61. The number of aliphatic hydroxyl groups excluding tert-OH is 1. The highest BCUT2D eigenvalue weighted by molar-refractivity contribution is 4.99. The second-order valence-electron chi connectivity index (χ2n) is 6.96. The molecule has 3 heteroatoms. The van der Waals surface area contributed by atoms with Crippen LogP contribution in [0.1, 0.15) is 53.9 Å². The van der Waals surface area contributed by atoms with Gasteiger partial charge in [-0.25, -0.2) is 0 Å². The SMILES string of the molecule is CCC(O)CN(C)C1CC(C)(C)NC(C)(C)C1. The summed E-state index contributed by atoms with van der Waals surface area (Å²) >= 11 is 0. The van der Waals surface area contributed by atoms with Crippen molar-refractivity contribution in [3.8, 4) is 0 Å². The molecule has 2 N–H and O–H groups in total. The zero-order valence-corrected chi connectivity index (χ0v) is 12.4. The number of aliphatic hydroxyl groups is 1. The normalized spacial score (nSPS) is 26.1. The number of nitrogens with zero attached hydrogens (tertiary/aromatic N) is 1. The largest absolute Gasteiger partial charge is 0.392 e. The van der Waals surface area contributed by atoms with Crippen molar-refractivity contribution < 1.29 is 5.11 Å². The van der Waals surface area contributed by atoms with Gasteiger partial charge in [-0.2, -0.15) is 0 Å². The minimum Gasteiger partial charge on any atom is -0.392 e. The van der Waals surface area contributed by atoms with Gasteiger partial charge in [-0.05, 0) is 54.0 Å². The number of likely N-dealkylation sites (N-methyl/N-ethyl adjacent to an activating group) is 1. The average molecular weight is 242 g/mol. The molecule has 1 atom stereocenters. The van der Waals surface area contributed by atoms with Crippen LogP contribution in [-0.4, -0.2) is 46.8 Å². The molecule has 0 saturated carbocycles. The fraction of sp³-hybridized carbons (Fsp3) is 1.00. The Morgan fingerprint density at radius 2 is 1.71 bits per heavy atom. The van der Waals surface area contributed by atoms with Crippen molar-refractivity contribution in [3.63, 3.8) is 0 Å². The lowest BCUT2D eigenvalue weighted by Gasteiger charge is -2.49. The lowest BCUT2D eigenvalue weighted by Crippen LogP contribution is -2.62. The van der Waals surface area contributed by atoms with E-state index >= 15 is 0 Å². The van der Waals surface area contributed by atoms with Gasteiger partial charge in [0.1, 0.15) is 0 Å². The standard InChI is InChI=1S/C14H30N2O/c1-7-12(17)10-16(6)11-8-13(2,3)15-14(4,5)9-11/h11-12,15,17H,7-10H2,1-6H3. The number of hydrogen-bond donors (Lipinski definition) is 2. The summed E-state index contributed by atoms with van der Waals surface area (Å²) in [5, 5.41) is 13.5. The Balaban J connectivity index is 2.64. The molecule has 1 unspecified atom stereocenters. The van der Waals surface area contributed by atoms with Gasteiger partial charge < -0.3 is 15.3 Å². The van der Waals surface area contributed by atoms with Crippen LogP contribution in [0.3, 0.4) is 0 Å². The van der Waals surface area contributed by atoms with Crippen LogP contribution in [0.4, 0.5) is 0 Å². The quantitative estimate of drug-likeness (QED) is 0.791. The molecule has 3 nitrogen and oxygen atoms in total. The smallest absolute Gasteiger partial charge is 0.0664 e. The molecule has 1 fully saturated rings. The molecular weight excluding hydrogens is 212 g/mol. The topological polar surface area (TPSA) is 35.5 Å². The van der Waals surface area contributed by atoms with Crippen LogP contribution in [-0.2, 0) is 0 Å². The summed E-state index contributed by atoms with van der Waals surface area (Å²) < 4.78 is 0. The van der Waals surface area contributed by atoms with Crippen molar-refractivity contribution in [2.24, 2.45) is 0 Å². The lowest BCUT2D eigenvalue weighted by atomic mass is 9.79. The lowest BCUT2D eigenvalue weighted by molar-refractivity contribution is 0.0463. The zero-order chi connectivity index (χ0) is 13.3. The molecule has 1 rings (SSSR count). The Labute approximate surface area is 107 Å². The average Bonchev–Trinajstić information content (AvgIpc) is 2.12. The number of nitrogens with one attached hydrogen (secondary N) is 1. The van der Waals surface area contributed by atoms with Gasteiger partial charge in [0.25, 0.3) is 0 Å². The third-order valence-corrected chi connectivity index (χ3v) is 3.76. The summed E-state index contributed by atoms with van der Waals surface area (Å²) in [5.74, 6) is 0. The number of hydrogen-bond acceptors (Lipinski definition) is 3. The zero-order valence-electron chi connectivity index (χ0n) is 12.4. The first-order valence-corrected chi connectivity index (χ1v) is 6.83. The molecule has 1 heterocycles. The van der Waals surface area contributed by atoms with Crippen LogP contribution in [0.5, 0.6) is 0 Å². The van der Waals surface area contributed by atoms with Crippen LogP contribution < -0.4 is 5.32 Å². The minimum atomic E-state index is -0.193. The highest BCUT2D eigenvalue weighted by Gasteiger charge is 2.39. The van der Waals surface area contributed by atoms with E-state index in [2.05, 4.69) is 45.0 Å². The predicted molar refractivity (Wildman–Crippen MR) is 73.2 cm³/mol. The monoisotopic (exact) mass is 242 g/mol. The molecule has 0 aromatic rings. The molecule has 0 radical (unpaired) electrons. The van der Waals surface area contributed by atoms with Crippen molar-refractivity contribution in [3.05, 3.63) is 0 Å². The summed E-state index contributed by atoms with van der Waals surface area (Å²) in [6, 6.07) is 0.558. The second-order valence-corrected chi connectivity index (χ2v) is 6.96. The summed E-state index contributed by atoms with van der Waals surface area (Å²) in [4.78, 5) is 2.33. The maximum absolute atomic E-state index is 9.76. The molecular formula is C14H30N2O. The maximum Gasteiger partial charge on any atom is 0.0664 e. The van der Waals surface area contributed by atoms with Crippen LogP contribution in [0.25, 0.3) is 0 Å². The van der Waals surface area contributed by atoms with Gasteiger partial charge >= 0.3 is 0 Å². The minimum absolute atomic E-state index is 0.178. The molecule has 1 saturated heterocycles. The molecule has 0 amide bonds. The number of piperidine rings is 1. The summed E-state index contributed by atoms with van der Waals surface area (Å²) in [6.45, 7) is 11.9. The molecule has 0 bridgehead atoms. The Hall–Kier alpha value is -0.120. The van der Waals surface area contributed by atoms with E-state index in [1.54, 1.807) is 0 Å². The van der Waals surface area contributed by atoms with E-state index in [-0.39, 0.29) is 17.2 Å². The van der Waals surface area contributed by atoms with E-state index in [4.69, 9.17) is 0 Å². The van der Waals surface area contributed by atoms with E-state index in [1.807, 2.05) is 6.92 Å². The maximum atomic E-state index is 9.76. The van der Waals surface area contributed by atoms with Crippen LogP contribution in [0.15, 0.2) is 0 Å². The Morgan fingerprint density at radius 1 is 1.24 bits per heavy atom. The molecule has 0 aromatic heterocycles. The Morgan fingerprint density at radius 3 is 2.12 bits per heavy atom. The van der Waals surface area contributed by atoms with Gasteiger partial charge in [0, 0.05) is 23.7 Å². The molecule has 17 heavy (non-hydrogen) atoms. The molecule has 1 aliphatic rings. The third kappa shape index (κ3) is 4.57. The molecule has 0 aliphatic carbocycles. The van der Waals surface area contributed by atoms with Crippen molar-refractivity contribution in [1.82, 2.24) is 10.2 Å². The third-order valence-electron chi connectivity index (χ3n) is 3.76. The van der Waals surface area contributed by atoms with Crippen LogP contribution in [0.2, 0.25) is 0 Å². The van der Waals surface area contributed by atoms with Gasteiger partial charge in [-0.1, -0.05) is 6.92 Å². The van der Waals surface area contributed by atoms with Crippen molar-refractivity contribution in [1.29, 1.82) is 0 Å². The Bertz CT molecular complexity index is 235. The summed E-state index contributed by atoms with van der Waals surface area (Å²) in [5.41, 5.74) is 0.357. The van der Waals surface area contributed by atoms with E-state index in [9.17, 15) is 5.11 Å². The fourth-order valence-corrected chi connectivity index (χ4v) is 3.19. The predicted octanol–water partition coefficient (Wildman–Crippen LogP) is 2.00. The first-order valence-electron chi connectivity index (χ1n) is 6.83. The number of rotatable bonds is 4. The summed E-state index contributed by atoms with van der Waals surface area (Å²) in [6.07, 6.45) is 2.93. The van der Waals surface area contributed by atoms with Gasteiger partial charge in [-0.15, -0.1) is 0 Å². The van der Waals surface area contributed by atoms with Crippen molar-refractivity contribution in [2.75, 3.05) is 13.6 Å². The van der Waals surface area contributed by atoms with Crippen molar-refractivity contribution in [2.45, 2.75) is 77.1 Å². The van der Waals surface area contributed by atoms with Crippen LogP contribution >= 0.6 is 0 Å². The molecule has 0 spiro atoms. The second kappa shape index (κ2) is 5.25. The highest BCUT2D eigenvalue weighted by Crippen LogP contribution is 2.31. The summed E-state index contributed by atoms with van der Waals surface area (Å²) in [7, 11) is 2.14. The van der Waals surface area contributed by atoms with E-state index < -0.39 is 0 Å². The molecule has 1 aliphatic heterocycles.